The van der Waals surface area contributed by atoms with Crippen molar-refractivity contribution in [1.82, 2.24) is 5.43 Å². The molecule has 0 saturated carbocycles. The number of nitrogens with one attached hydrogen (secondary N) is 2. The van der Waals surface area contributed by atoms with Crippen LogP contribution in [0.15, 0.2) is 24.3 Å². The second-order valence-electron chi connectivity index (χ2n) is 2.92. The van der Waals surface area contributed by atoms with Crippen LogP contribution in [0, 0.1) is 0 Å². The van der Waals surface area contributed by atoms with Crippen LogP contribution in [0.3, 0.4) is 0 Å². The average Bonchev–Trinajstić information content (AvgIpc) is 2.27. The van der Waals surface area contributed by atoms with Crippen LogP contribution in [0.25, 0.3) is 0 Å². The number of benzene rings is 1. The molecule has 0 atom stereocenters. The van der Waals surface area contributed by atoms with Gasteiger partial charge < -0.3 is 24.0 Å². The van der Waals surface area contributed by atoms with Gasteiger partial charge in [0.05, 0.1) is 0 Å². The number of hydrogen-bond acceptors (Lipinski definition) is 2. The minimum atomic E-state index is 0. The van der Waals surface area contributed by atoms with E-state index in [0.717, 1.165) is 15.9 Å². The molecule has 0 heterocycles. The van der Waals surface area contributed by atoms with Crippen LogP contribution < -0.4 is 34.7 Å². The Balaban J connectivity index is 0.00000225. The number of halogens is 2. The molecule has 0 fully saturated rings. The summed E-state index contributed by atoms with van der Waals surface area (Å²) in [6.07, 6.45) is 2.02. The van der Waals surface area contributed by atoms with E-state index in [9.17, 15) is 0 Å². The zero-order valence-corrected chi connectivity index (χ0v) is 13.2. The van der Waals surface area contributed by atoms with Gasteiger partial charge in [-0.1, -0.05) is 11.6 Å². The Hall–Kier alpha value is -0.140. The minimum absolute atomic E-state index is 0. The molecule has 1 aromatic rings. The average molecular weight is 372 g/mol. The Morgan fingerprint density at radius 3 is 2.31 bits per heavy atom. The van der Waals surface area contributed by atoms with Crippen molar-refractivity contribution in [2.24, 2.45) is 0 Å². The Morgan fingerprint density at radius 2 is 1.88 bits per heavy atom. The molecule has 0 aliphatic heterocycles. The molecule has 1 aromatic carbocycles. The van der Waals surface area contributed by atoms with Crippen LogP contribution in [0.2, 0.25) is 5.02 Å². The maximum Gasteiger partial charge on any atom is 0.333 e. The third-order valence-corrected chi connectivity index (χ3v) is 2.94. The lowest BCUT2D eigenvalue weighted by molar-refractivity contribution is -0.552. The fourth-order valence-corrected chi connectivity index (χ4v) is 1.74. The molecule has 0 saturated heterocycles. The molecule has 6 heteroatoms. The quantitative estimate of drug-likeness (QED) is 0.236. The van der Waals surface area contributed by atoms with E-state index in [1.165, 1.54) is 0 Å². The van der Waals surface area contributed by atoms with Crippen molar-refractivity contribution < 1.29 is 28.7 Å². The molecule has 0 aromatic heterocycles. The van der Waals surface area contributed by atoms with Crippen molar-refractivity contribution in [1.29, 1.82) is 0 Å². The van der Waals surface area contributed by atoms with Crippen LogP contribution in [-0.2, 0) is 0 Å². The first-order chi connectivity index (χ1) is 7.17. The van der Waals surface area contributed by atoms with E-state index in [0.29, 0.717) is 0 Å². The SMILES string of the molecule is CN/[N+](C)=C(/Nc1ccc(Cl)cc1)SC.[I-]. The van der Waals surface area contributed by atoms with Gasteiger partial charge in [0.2, 0.25) is 0 Å². The molecule has 0 spiro atoms. The summed E-state index contributed by atoms with van der Waals surface area (Å²) in [4.78, 5) is 0. The van der Waals surface area contributed by atoms with Crippen molar-refractivity contribution in [3.05, 3.63) is 29.3 Å². The lowest BCUT2D eigenvalue weighted by Gasteiger charge is -2.05. The zero-order chi connectivity index (χ0) is 11.3. The Kier molecular flexibility index (Phi) is 7.96. The third kappa shape index (κ3) is 4.80. The van der Waals surface area contributed by atoms with E-state index in [2.05, 4.69) is 10.7 Å². The Labute approximate surface area is 123 Å². The highest BCUT2D eigenvalue weighted by Crippen LogP contribution is 2.14. The first-order valence-corrected chi connectivity index (χ1v) is 6.12. The van der Waals surface area contributed by atoms with E-state index < -0.39 is 0 Å². The van der Waals surface area contributed by atoms with Crippen molar-refractivity contribution >= 4 is 34.2 Å². The Morgan fingerprint density at radius 1 is 1.31 bits per heavy atom. The normalized spacial score (nSPS) is 11.2. The van der Waals surface area contributed by atoms with Gasteiger partial charge in [-0.3, -0.25) is 5.43 Å². The number of anilines is 1. The van der Waals surface area contributed by atoms with E-state index in [-0.39, 0.29) is 24.0 Å². The van der Waals surface area contributed by atoms with Crippen LogP contribution in [0.5, 0.6) is 0 Å². The predicted molar refractivity (Wildman–Crippen MR) is 68.8 cm³/mol. The largest absolute Gasteiger partial charge is 1.00 e. The maximum absolute atomic E-state index is 5.81. The van der Waals surface area contributed by atoms with Gasteiger partial charge in [-0.25, -0.2) is 5.32 Å². The number of thioether (sulfide) groups is 1. The van der Waals surface area contributed by atoms with Crippen LogP contribution in [0.4, 0.5) is 5.69 Å². The second kappa shape index (κ2) is 8.03. The second-order valence-corrected chi connectivity index (χ2v) is 4.16. The summed E-state index contributed by atoms with van der Waals surface area (Å²) in [7, 11) is 3.83. The molecule has 16 heavy (non-hydrogen) atoms. The summed E-state index contributed by atoms with van der Waals surface area (Å²) >= 11 is 7.45. The summed E-state index contributed by atoms with van der Waals surface area (Å²) in [5.74, 6) is 0. The summed E-state index contributed by atoms with van der Waals surface area (Å²) in [6.45, 7) is 0. The fraction of sp³-hybridized carbons (Fsp3) is 0.300. The van der Waals surface area contributed by atoms with Gasteiger partial charge in [0, 0.05) is 12.1 Å². The monoisotopic (exact) mass is 371 g/mol. The van der Waals surface area contributed by atoms with Crippen molar-refractivity contribution in [2.75, 3.05) is 25.7 Å². The number of nitrogens with zero attached hydrogens (tertiary/aromatic N) is 1. The molecule has 2 N–H and O–H groups in total. The van der Waals surface area contributed by atoms with Crippen LogP contribution in [0.1, 0.15) is 0 Å². The molecule has 0 radical (unpaired) electrons. The molecule has 0 aliphatic carbocycles. The van der Waals surface area contributed by atoms with Gasteiger partial charge in [0.1, 0.15) is 12.7 Å². The first-order valence-electron chi connectivity index (χ1n) is 4.52. The van der Waals surface area contributed by atoms with Crippen LogP contribution in [-0.4, -0.2) is 30.2 Å². The van der Waals surface area contributed by atoms with E-state index in [1.807, 2.05) is 49.3 Å². The fourth-order valence-electron chi connectivity index (χ4n) is 1.03. The van der Waals surface area contributed by atoms with Gasteiger partial charge in [0.15, 0.2) is 0 Å². The number of amidine groups is 1. The molecular weight excluding hydrogens is 357 g/mol. The van der Waals surface area contributed by atoms with Crippen molar-refractivity contribution in [3.8, 4) is 0 Å². The molecule has 0 unspecified atom stereocenters. The zero-order valence-electron chi connectivity index (χ0n) is 9.42. The highest BCUT2D eigenvalue weighted by Gasteiger charge is 2.09. The smallest absolute Gasteiger partial charge is 0.333 e. The minimum Gasteiger partial charge on any atom is -1.00 e. The molecular formula is C10H15ClIN3S. The number of hydrogen-bond donors (Lipinski definition) is 2. The molecule has 0 bridgehead atoms. The van der Waals surface area contributed by atoms with Gasteiger partial charge in [-0.15, -0.1) is 0 Å². The maximum atomic E-state index is 5.81. The number of hydrazine groups is 1. The summed E-state index contributed by atoms with van der Waals surface area (Å²) < 4.78 is 1.92. The van der Waals surface area contributed by atoms with Crippen LogP contribution >= 0.6 is 23.4 Å². The molecule has 0 amide bonds. The van der Waals surface area contributed by atoms with E-state index in [1.54, 1.807) is 11.8 Å². The molecule has 3 nitrogen and oxygen atoms in total. The lowest BCUT2D eigenvalue weighted by atomic mass is 10.3. The predicted octanol–water partition coefficient (Wildman–Crippen LogP) is -0.748. The summed E-state index contributed by atoms with van der Waals surface area (Å²) in [6, 6.07) is 7.62. The highest BCUT2D eigenvalue weighted by atomic mass is 127. The Bertz CT molecular complexity index is 354. The van der Waals surface area contributed by atoms with Crippen molar-refractivity contribution in [3.63, 3.8) is 0 Å². The standard InChI is InChI=1S/C10H14ClN3S.HI/c1-12-14(2)10(15-3)13-9-6-4-8(11)5-7-9;/h4-7,12H,1-3H3;1H. The third-order valence-electron chi connectivity index (χ3n) is 1.93. The summed E-state index contributed by atoms with van der Waals surface area (Å²) in [5, 5.41) is 5.06. The molecule has 1 rings (SSSR count). The van der Waals surface area contributed by atoms with Gasteiger partial charge in [-0.05, 0) is 42.3 Å². The van der Waals surface area contributed by atoms with Gasteiger partial charge >= 0.3 is 5.17 Å². The number of hydrazone groups is 1. The van der Waals surface area contributed by atoms with E-state index >= 15 is 0 Å². The topological polar surface area (TPSA) is 27.1 Å². The first kappa shape index (κ1) is 15.9. The molecule has 0 aliphatic rings. The van der Waals surface area contributed by atoms with E-state index in [4.69, 9.17) is 11.6 Å². The molecule has 90 valence electrons. The summed E-state index contributed by atoms with van der Waals surface area (Å²) in [5.41, 5.74) is 4.05. The lowest BCUT2D eigenvalue weighted by Crippen LogP contribution is -3.00. The van der Waals surface area contributed by atoms with Gasteiger partial charge in [0.25, 0.3) is 0 Å². The highest BCUT2D eigenvalue weighted by molar-refractivity contribution is 8.13. The van der Waals surface area contributed by atoms with Gasteiger partial charge in [-0.2, -0.15) is 4.68 Å². The van der Waals surface area contributed by atoms with Crippen molar-refractivity contribution in [2.45, 2.75) is 0 Å². The number of rotatable bonds is 2.